The van der Waals surface area contributed by atoms with Crippen molar-refractivity contribution in [2.45, 2.75) is 4.90 Å². The normalized spacial score (nSPS) is 12.8. The van der Waals surface area contributed by atoms with Crippen LogP contribution in [-0.4, -0.2) is 21.5 Å². The number of rotatable bonds is 2. The van der Waals surface area contributed by atoms with Gasteiger partial charge in [-0.15, -0.1) is 11.3 Å². The molecule has 60 valence electrons. The Morgan fingerprint density at radius 2 is 2.36 bits per heavy atom. The molecule has 0 aromatic carbocycles. The minimum absolute atomic E-state index is 0.232. The first-order valence-corrected chi connectivity index (χ1v) is 5.20. The highest BCUT2D eigenvalue weighted by atomic mass is 32.2. The summed E-state index contributed by atoms with van der Waals surface area (Å²) in [7, 11) is -1.08. The highest BCUT2D eigenvalue weighted by Crippen LogP contribution is 2.16. The van der Waals surface area contributed by atoms with Gasteiger partial charge in [0.05, 0.1) is 15.7 Å². The molecule has 0 spiro atoms. The molecule has 1 atom stereocenters. The van der Waals surface area contributed by atoms with Crippen LogP contribution in [0.4, 0.5) is 0 Å². The largest absolute Gasteiger partial charge is 0.477 e. The van der Waals surface area contributed by atoms with E-state index in [0.717, 1.165) is 11.3 Å². The van der Waals surface area contributed by atoms with Crippen molar-refractivity contribution >= 4 is 28.1 Å². The van der Waals surface area contributed by atoms with Gasteiger partial charge in [0, 0.05) is 11.6 Å². The van der Waals surface area contributed by atoms with Crippen molar-refractivity contribution in [3.8, 4) is 0 Å². The van der Waals surface area contributed by atoms with Crippen LogP contribution in [0.5, 0.6) is 0 Å². The zero-order valence-corrected chi connectivity index (χ0v) is 7.37. The summed E-state index contributed by atoms with van der Waals surface area (Å²) in [5.74, 6) is -0.966. The third kappa shape index (κ3) is 1.87. The van der Waals surface area contributed by atoms with Crippen molar-refractivity contribution in [2.75, 3.05) is 6.26 Å². The minimum Gasteiger partial charge on any atom is -0.477 e. The summed E-state index contributed by atoms with van der Waals surface area (Å²) in [5.41, 5.74) is 0. The van der Waals surface area contributed by atoms with Crippen molar-refractivity contribution in [1.82, 2.24) is 0 Å². The van der Waals surface area contributed by atoms with Gasteiger partial charge < -0.3 is 5.11 Å². The molecule has 1 aromatic rings. The fourth-order valence-electron chi connectivity index (χ4n) is 0.582. The monoisotopic (exact) mass is 190 g/mol. The Morgan fingerprint density at radius 1 is 1.73 bits per heavy atom. The van der Waals surface area contributed by atoms with Gasteiger partial charge in [0.2, 0.25) is 0 Å². The van der Waals surface area contributed by atoms with Crippen LogP contribution in [0.15, 0.2) is 16.3 Å². The van der Waals surface area contributed by atoms with Crippen LogP contribution in [0.1, 0.15) is 9.67 Å². The second-order valence-corrected chi connectivity index (χ2v) is 4.20. The number of thiophene rings is 1. The molecule has 0 aliphatic carbocycles. The lowest BCUT2D eigenvalue weighted by Crippen LogP contribution is -1.90. The molecule has 0 saturated heterocycles. The topological polar surface area (TPSA) is 54.4 Å². The van der Waals surface area contributed by atoms with Gasteiger partial charge in [0.1, 0.15) is 4.88 Å². The van der Waals surface area contributed by atoms with E-state index < -0.39 is 16.8 Å². The van der Waals surface area contributed by atoms with Crippen molar-refractivity contribution in [3.05, 3.63) is 16.3 Å². The summed E-state index contributed by atoms with van der Waals surface area (Å²) in [5, 5.41) is 10.1. The molecule has 0 radical (unpaired) electrons. The van der Waals surface area contributed by atoms with Gasteiger partial charge in [-0.05, 0) is 6.07 Å². The van der Waals surface area contributed by atoms with E-state index in [0.29, 0.717) is 4.90 Å². The van der Waals surface area contributed by atoms with Crippen LogP contribution >= 0.6 is 11.3 Å². The van der Waals surface area contributed by atoms with Crippen LogP contribution < -0.4 is 0 Å². The average molecular weight is 190 g/mol. The molecule has 0 aliphatic rings. The van der Waals surface area contributed by atoms with E-state index in [1.165, 1.54) is 12.3 Å². The van der Waals surface area contributed by atoms with Crippen LogP contribution in [0.25, 0.3) is 0 Å². The Kier molecular flexibility index (Phi) is 2.41. The van der Waals surface area contributed by atoms with E-state index in [2.05, 4.69) is 0 Å². The molecule has 0 aliphatic heterocycles. The maximum atomic E-state index is 10.8. The molecule has 1 unspecified atom stereocenters. The van der Waals surface area contributed by atoms with Crippen LogP contribution in [-0.2, 0) is 10.8 Å². The number of hydrogen-bond donors (Lipinski definition) is 1. The van der Waals surface area contributed by atoms with Gasteiger partial charge in [0.25, 0.3) is 0 Å². The fraction of sp³-hybridized carbons (Fsp3) is 0.167. The Bertz CT molecular complexity index is 274. The van der Waals surface area contributed by atoms with Crippen molar-refractivity contribution < 1.29 is 14.1 Å². The third-order valence-corrected chi connectivity index (χ3v) is 3.09. The zero-order valence-electron chi connectivity index (χ0n) is 5.73. The van der Waals surface area contributed by atoms with Gasteiger partial charge in [-0.1, -0.05) is 0 Å². The first-order chi connectivity index (χ1) is 5.11. The van der Waals surface area contributed by atoms with Crippen molar-refractivity contribution in [3.63, 3.8) is 0 Å². The Morgan fingerprint density at radius 3 is 2.64 bits per heavy atom. The number of carboxylic acids is 1. The molecular formula is C6H6O3S2. The number of carboxylic acid groups (broad SMARTS) is 1. The SMILES string of the molecule is CS(=O)c1csc(C(=O)O)c1. The highest BCUT2D eigenvalue weighted by molar-refractivity contribution is 7.84. The molecule has 0 amide bonds. The fourth-order valence-corrected chi connectivity index (χ4v) is 2.23. The summed E-state index contributed by atoms with van der Waals surface area (Å²) in [6.45, 7) is 0. The molecule has 1 rings (SSSR count). The van der Waals surface area contributed by atoms with Gasteiger partial charge in [0.15, 0.2) is 0 Å². The third-order valence-electron chi connectivity index (χ3n) is 1.12. The summed E-state index contributed by atoms with van der Waals surface area (Å²) in [4.78, 5) is 11.2. The number of hydrogen-bond acceptors (Lipinski definition) is 3. The van der Waals surface area contributed by atoms with Crippen molar-refractivity contribution in [1.29, 1.82) is 0 Å². The lowest BCUT2D eigenvalue weighted by Gasteiger charge is -1.84. The second-order valence-electron chi connectivity index (χ2n) is 1.91. The quantitative estimate of drug-likeness (QED) is 0.762. The molecule has 1 heterocycles. The first-order valence-electron chi connectivity index (χ1n) is 2.76. The van der Waals surface area contributed by atoms with E-state index in [-0.39, 0.29) is 4.88 Å². The minimum atomic E-state index is -1.08. The summed E-state index contributed by atoms with van der Waals surface area (Å²) in [6.07, 6.45) is 1.52. The second kappa shape index (κ2) is 3.15. The lowest BCUT2D eigenvalue weighted by atomic mass is 10.5. The summed E-state index contributed by atoms with van der Waals surface area (Å²) < 4.78 is 10.8. The number of aromatic carboxylic acids is 1. The Labute approximate surface area is 70.1 Å². The van der Waals surface area contributed by atoms with Gasteiger partial charge in [-0.3, -0.25) is 4.21 Å². The average Bonchev–Trinajstić information content (AvgIpc) is 2.33. The van der Waals surface area contributed by atoms with Gasteiger partial charge in [-0.25, -0.2) is 4.79 Å². The molecule has 3 nitrogen and oxygen atoms in total. The number of carbonyl (C=O) groups is 1. The molecule has 0 saturated carbocycles. The van der Waals surface area contributed by atoms with E-state index in [1.807, 2.05) is 0 Å². The standard InChI is InChI=1S/C6H6O3S2/c1-11(9)4-2-5(6(7)8)10-3-4/h2-3H,1H3,(H,7,8). The van der Waals surface area contributed by atoms with E-state index in [9.17, 15) is 9.00 Å². The molecule has 1 N–H and O–H groups in total. The maximum absolute atomic E-state index is 10.8. The predicted octanol–water partition coefficient (Wildman–Crippen LogP) is 1.18. The van der Waals surface area contributed by atoms with Gasteiger partial charge >= 0.3 is 5.97 Å². The molecule has 0 fully saturated rings. The van der Waals surface area contributed by atoms with Crippen LogP contribution in [0.3, 0.4) is 0 Å². The zero-order chi connectivity index (χ0) is 8.43. The highest BCUT2D eigenvalue weighted by Gasteiger charge is 2.07. The Hall–Kier alpha value is -0.680. The van der Waals surface area contributed by atoms with Crippen LogP contribution in [0, 0.1) is 0 Å². The summed E-state index contributed by atoms with van der Waals surface area (Å²) >= 11 is 1.09. The van der Waals surface area contributed by atoms with Gasteiger partial charge in [-0.2, -0.15) is 0 Å². The molecule has 11 heavy (non-hydrogen) atoms. The molecule has 0 bridgehead atoms. The van der Waals surface area contributed by atoms with E-state index in [4.69, 9.17) is 5.11 Å². The maximum Gasteiger partial charge on any atom is 0.345 e. The molecule has 1 aromatic heterocycles. The van der Waals surface area contributed by atoms with Crippen LogP contribution in [0.2, 0.25) is 0 Å². The smallest absolute Gasteiger partial charge is 0.345 e. The summed E-state index contributed by atoms with van der Waals surface area (Å²) in [6, 6.07) is 1.43. The van der Waals surface area contributed by atoms with E-state index >= 15 is 0 Å². The van der Waals surface area contributed by atoms with E-state index in [1.54, 1.807) is 5.38 Å². The lowest BCUT2D eigenvalue weighted by molar-refractivity contribution is 0.0702. The predicted molar refractivity (Wildman–Crippen MR) is 43.6 cm³/mol. The first kappa shape index (κ1) is 8.42. The Balaban J connectivity index is 2.99. The molecular weight excluding hydrogens is 184 g/mol. The van der Waals surface area contributed by atoms with Crippen molar-refractivity contribution in [2.24, 2.45) is 0 Å². The molecule has 5 heteroatoms.